The molecule has 1 saturated heterocycles. The van der Waals surface area contributed by atoms with E-state index in [-0.39, 0.29) is 12.5 Å². The molecule has 1 fully saturated rings. The van der Waals surface area contributed by atoms with Crippen molar-refractivity contribution in [3.8, 4) is 16.9 Å². The molecule has 28 heavy (non-hydrogen) atoms. The molecule has 3 aromatic rings. The summed E-state index contributed by atoms with van der Waals surface area (Å²) in [5, 5.41) is 18.3. The smallest absolute Gasteiger partial charge is 0.274 e. The Hall–Kier alpha value is -3.00. The lowest BCUT2D eigenvalue weighted by Gasteiger charge is -2.15. The van der Waals surface area contributed by atoms with Crippen molar-refractivity contribution in [2.24, 2.45) is 0 Å². The molecule has 1 amide bonds. The van der Waals surface area contributed by atoms with Gasteiger partial charge in [-0.25, -0.2) is 9.67 Å². The predicted molar refractivity (Wildman–Crippen MR) is 102 cm³/mol. The molecule has 0 aliphatic carbocycles. The summed E-state index contributed by atoms with van der Waals surface area (Å²) in [5.74, 6) is -0.0148. The van der Waals surface area contributed by atoms with Gasteiger partial charge in [0, 0.05) is 18.7 Å². The highest BCUT2D eigenvalue weighted by molar-refractivity contribution is 5.94. The van der Waals surface area contributed by atoms with E-state index in [4.69, 9.17) is 0 Å². The van der Waals surface area contributed by atoms with Crippen molar-refractivity contribution >= 4 is 5.91 Å². The number of hydrogen-bond donors (Lipinski definition) is 1. The molecule has 8 heteroatoms. The molecule has 5 rings (SSSR count). The van der Waals surface area contributed by atoms with Gasteiger partial charge < -0.3 is 10.0 Å². The van der Waals surface area contributed by atoms with Gasteiger partial charge in [-0.2, -0.15) is 0 Å². The number of hydrogen-bond acceptors (Lipinski definition) is 5. The van der Waals surface area contributed by atoms with Gasteiger partial charge in [-0.3, -0.25) is 9.36 Å². The van der Waals surface area contributed by atoms with Gasteiger partial charge in [0.15, 0.2) is 5.69 Å². The molecule has 0 spiro atoms. The normalized spacial score (nSPS) is 15.1. The number of fused-ring (bicyclic) bond motifs is 5. The fourth-order valence-electron chi connectivity index (χ4n) is 4.20. The highest BCUT2D eigenvalue weighted by Crippen LogP contribution is 2.35. The van der Waals surface area contributed by atoms with Crippen LogP contribution in [0, 0.1) is 0 Å². The van der Waals surface area contributed by atoms with E-state index < -0.39 is 0 Å². The average Bonchev–Trinajstić information content (AvgIpc) is 3.46. The van der Waals surface area contributed by atoms with Crippen molar-refractivity contribution in [1.29, 1.82) is 0 Å². The maximum atomic E-state index is 13.0. The monoisotopic (exact) mass is 378 g/mol. The number of aromatic nitrogens is 5. The van der Waals surface area contributed by atoms with Gasteiger partial charge in [-0.15, -0.1) is 5.10 Å². The largest absolute Gasteiger partial charge is 0.392 e. The Morgan fingerprint density at radius 1 is 1.25 bits per heavy atom. The first-order chi connectivity index (χ1) is 13.7. The first-order valence-corrected chi connectivity index (χ1v) is 9.73. The van der Waals surface area contributed by atoms with Gasteiger partial charge in [0.25, 0.3) is 5.91 Å². The second-order valence-electron chi connectivity index (χ2n) is 7.31. The Balaban J connectivity index is 1.71. The van der Waals surface area contributed by atoms with Gasteiger partial charge >= 0.3 is 0 Å². The van der Waals surface area contributed by atoms with E-state index in [1.165, 1.54) is 0 Å². The zero-order chi connectivity index (χ0) is 19.3. The summed E-state index contributed by atoms with van der Waals surface area (Å²) in [7, 11) is 0. The average molecular weight is 378 g/mol. The Kier molecular flexibility index (Phi) is 4.01. The number of benzene rings is 1. The number of amides is 1. The van der Waals surface area contributed by atoms with Crippen LogP contribution in [0.4, 0.5) is 0 Å². The van der Waals surface area contributed by atoms with Crippen LogP contribution in [0.1, 0.15) is 47.2 Å². The summed E-state index contributed by atoms with van der Waals surface area (Å²) in [6, 6.07) is 5.84. The quantitative estimate of drug-likeness (QED) is 0.587. The number of likely N-dealkylation sites (tertiary alicyclic amines) is 1. The fraction of sp³-hybridized carbons (Fsp3) is 0.400. The van der Waals surface area contributed by atoms with E-state index in [2.05, 4.69) is 22.2 Å². The molecule has 0 unspecified atom stereocenters. The number of aliphatic hydroxyl groups is 1. The van der Waals surface area contributed by atoms with E-state index in [1.807, 2.05) is 32.3 Å². The fourth-order valence-corrected chi connectivity index (χ4v) is 4.20. The van der Waals surface area contributed by atoms with E-state index >= 15 is 0 Å². The first kappa shape index (κ1) is 17.1. The molecule has 1 aromatic carbocycles. The molecule has 2 aliphatic rings. The summed E-state index contributed by atoms with van der Waals surface area (Å²) in [4.78, 5) is 19.4. The molecule has 0 radical (unpaired) electrons. The maximum Gasteiger partial charge on any atom is 0.274 e. The van der Waals surface area contributed by atoms with Gasteiger partial charge in [0.05, 0.1) is 35.9 Å². The Morgan fingerprint density at radius 3 is 2.82 bits per heavy atom. The maximum absolute atomic E-state index is 13.0. The summed E-state index contributed by atoms with van der Waals surface area (Å²) >= 11 is 0. The van der Waals surface area contributed by atoms with Gasteiger partial charge in [-0.1, -0.05) is 18.2 Å². The van der Waals surface area contributed by atoms with E-state index in [9.17, 15) is 9.90 Å². The molecule has 0 saturated carbocycles. The summed E-state index contributed by atoms with van der Waals surface area (Å²) in [6.07, 6.45) is 4.57. The third kappa shape index (κ3) is 2.48. The van der Waals surface area contributed by atoms with E-state index in [0.29, 0.717) is 12.2 Å². The van der Waals surface area contributed by atoms with Crippen LogP contribution in [0.2, 0.25) is 0 Å². The Bertz CT molecular complexity index is 1060. The van der Waals surface area contributed by atoms with E-state index in [0.717, 1.165) is 66.2 Å². The number of carbonyl (C=O) groups excluding carboxylic acids is 1. The van der Waals surface area contributed by atoms with Crippen LogP contribution < -0.4 is 0 Å². The molecule has 2 aliphatic heterocycles. The number of carbonyl (C=O) groups is 1. The third-order valence-corrected chi connectivity index (χ3v) is 5.66. The van der Waals surface area contributed by atoms with E-state index in [1.54, 1.807) is 6.33 Å². The van der Waals surface area contributed by atoms with Gasteiger partial charge in [0.1, 0.15) is 6.33 Å². The summed E-state index contributed by atoms with van der Waals surface area (Å²) < 4.78 is 3.83. The lowest BCUT2D eigenvalue weighted by molar-refractivity contribution is 0.0786. The third-order valence-electron chi connectivity index (χ3n) is 5.66. The van der Waals surface area contributed by atoms with Gasteiger partial charge in [-0.05, 0) is 37.0 Å². The SMILES string of the molecule is CCc1nnn2c1-c1cc(CO)ccc1-n1cnc(C(=O)N3CCCC3)c1C2. The molecule has 8 nitrogen and oxygen atoms in total. The highest BCUT2D eigenvalue weighted by atomic mass is 16.3. The number of rotatable bonds is 3. The van der Waals surface area contributed by atoms with Crippen LogP contribution in [0.25, 0.3) is 16.9 Å². The van der Waals surface area contributed by atoms with Crippen LogP contribution in [0.3, 0.4) is 0 Å². The van der Waals surface area contributed by atoms with Crippen LogP contribution in [-0.4, -0.2) is 53.5 Å². The zero-order valence-electron chi connectivity index (χ0n) is 15.8. The molecule has 0 bridgehead atoms. The molecular formula is C20H22N6O2. The van der Waals surface area contributed by atoms with Crippen molar-refractivity contribution < 1.29 is 9.90 Å². The highest BCUT2D eigenvalue weighted by Gasteiger charge is 2.30. The standard InChI is InChI=1S/C20H22N6O2/c1-2-15-19-14-9-13(11-27)5-6-16(14)25-12-21-18(17(25)10-26(19)23-22-15)20(28)24-7-3-4-8-24/h5-6,9,12,27H,2-4,7-8,10-11H2,1H3. The number of imidazole rings is 1. The van der Waals surface area contributed by atoms with Crippen LogP contribution >= 0.6 is 0 Å². The minimum Gasteiger partial charge on any atom is -0.392 e. The Morgan fingerprint density at radius 2 is 2.07 bits per heavy atom. The number of aliphatic hydroxyl groups excluding tert-OH is 1. The molecule has 144 valence electrons. The second kappa shape index (κ2) is 6.56. The minimum atomic E-state index is -0.0359. The van der Waals surface area contributed by atoms with Crippen molar-refractivity contribution in [3.05, 3.63) is 47.2 Å². The topological polar surface area (TPSA) is 89.1 Å². The lowest BCUT2D eigenvalue weighted by atomic mass is 10.0. The van der Waals surface area contributed by atoms with Crippen LogP contribution in [-0.2, 0) is 19.6 Å². The summed E-state index contributed by atoms with van der Waals surface area (Å²) in [6.45, 7) is 4.02. The van der Waals surface area contributed by atoms with Crippen LogP contribution in [0.15, 0.2) is 24.5 Å². The van der Waals surface area contributed by atoms with Crippen molar-refractivity contribution in [2.45, 2.75) is 39.3 Å². The molecular weight excluding hydrogens is 356 g/mol. The molecule has 0 atom stereocenters. The van der Waals surface area contributed by atoms with Gasteiger partial charge in [0.2, 0.25) is 0 Å². The first-order valence-electron chi connectivity index (χ1n) is 9.73. The minimum absolute atomic E-state index is 0.0148. The summed E-state index contributed by atoms with van der Waals surface area (Å²) in [5.41, 5.74) is 5.85. The van der Waals surface area contributed by atoms with Crippen molar-refractivity contribution in [2.75, 3.05) is 13.1 Å². The van der Waals surface area contributed by atoms with Crippen molar-refractivity contribution in [1.82, 2.24) is 29.4 Å². The lowest BCUT2D eigenvalue weighted by Crippen LogP contribution is -2.29. The van der Waals surface area contributed by atoms with Crippen LogP contribution in [0.5, 0.6) is 0 Å². The second-order valence-corrected chi connectivity index (χ2v) is 7.31. The number of nitrogens with zero attached hydrogens (tertiary/aromatic N) is 6. The molecule has 1 N–H and O–H groups in total. The number of aryl methyl sites for hydroxylation is 1. The predicted octanol–water partition coefficient (Wildman–Crippen LogP) is 1.78. The van der Waals surface area contributed by atoms with Crippen molar-refractivity contribution in [3.63, 3.8) is 0 Å². The zero-order valence-corrected chi connectivity index (χ0v) is 15.8. The molecule has 2 aromatic heterocycles. The Labute approximate surface area is 162 Å². The molecule has 4 heterocycles.